The lowest BCUT2D eigenvalue weighted by Crippen LogP contribution is -2.27. The molecule has 3 amide bonds. The molecule has 2 N–H and O–H groups in total. The van der Waals surface area contributed by atoms with Gasteiger partial charge in [-0.05, 0) is 35.9 Å². The first-order chi connectivity index (χ1) is 16.5. The molecule has 0 atom stereocenters. The van der Waals surface area contributed by atoms with Gasteiger partial charge in [0, 0.05) is 43.0 Å². The van der Waals surface area contributed by atoms with Crippen molar-refractivity contribution in [2.75, 3.05) is 31.1 Å². The molecule has 10 nitrogen and oxygen atoms in total. The minimum atomic E-state index is -0.232. The Kier molecular flexibility index (Phi) is 5.46. The van der Waals surface area contributed by atoms with Crippen molar-refractivity contribution in [2.24, 2.45) is 0 Å². The van der Waals surface area contributed by atoms with Gasteiger partial charge in [0.2, 0.25) is 13.2 Å². The Bertz CT molecular complexity index is 1380. The lowest BCUT2D eigenvalue weighted by molar-refractivity contribution is -0.107. The van der Waals surface area contributed by atoms with Gasteiger partial charge in [-0.15, -0.1) is 0 Å². The number of anilines is 2. The summed E-state index contributed by atoms with van der Waals surface area (Å²) in [5, 5.41) is 11.1. The van der Waals surface area contributed by atoms with Crippen molar-refractivity contribution in [2.45, 2.75) is 6.54 Å². The molecule has 0 saturated carbocycles. The number of nitrogens with zero attached hydrogens (tertiary/aromatic N) is 4. The number of hydrogen-bond acceptors (Lipinski definition) is 6. The van der Waals surface area contributed by atoms with Gasteiger partial charge in [0.15, 0.2) is 11.5 Å². The summed E-state index contributed by atoms with van der Waals surface area (Å²) in [6.07, 6.45) is 4.10. The number of carbonyl (C=O) groups is 2. The molecule has 34 heavy (non-hydrogen) atoms. The van der Waals surface area contributed by atoms with Crippen molar-refractivity contribution >= 4 is 34.7 Å². The fourth-order valence-electron chi connectivity index (χ4n) is 3.69. The molecular formula is C24H22N6O4. The summed E-state index contributed by atoms with van der Waals surface area (Å²) in [4.78, 5) is 31.2. The molecule has 0 saturated heterocycles. The van der Waals surface area contributed by atoms with Crippen molar-refractivity contribution in [3.8, 4) is 22.6 Å². The summed E-state index contributed by atoms with van der Waals surface area (Å²) >= 11 is 0. The molecule has 0 fully saturated rings. The number of fused-ring (bicyclic) bond motifs is 2. The van der Waals surface area contributed by atoms with Crippen LogP contribution in [-0.4, -0.2) is 53.4 Å². The first-order valence-corrected chi connectivity index (χ1v) is 10.5. The summed E-state index contributed by atoms with van der Waals surface area (Å²) in [6.45, 7) is 0.461. The van der Waals surface area contributed by atoms with Crippen LogP contribution in [0.15, 0.2) is 54.9 Å². The fraction of sp³-hybridized carbons (Fsp3) is 0.167. The van der Waals surface area contributed by atoms with Crippen LogP contribution in [0.4, 0.5) is 16.2 Å². The molecular weight excluding hydrogens is 436 g/mol. The van der Waals surface area contributed by atoms with Crippen LogP contribution in [0.2, 0.25) is 0 Å². The SMILES string of the molecule is CN(C)C(=O)Nc1cncc(-c2ccc3n[nH]c(CN(C=O)c4ccc5c(c4)OCO5)c3c2)c1. The highest BCUT2D eigenvalue weighted by molar-refractivity contribution is 5.91. The third-order valence-electron chi connectivity index (χ3n) is 5.51. The predicted molar refractivity (Wildman–Crippen MR) is 127 cm³/mol. The van der Waals surface area contributed by atoms with Crippen LogP contribution in [-0.2, 0) is 11.3 Å². The zero-order valence-electron chi connectivity index (χ0n) is 18.6. The number of nitrogens with one attached hydrogen (secondary N) is 2. The molecule has 0 unspecified atom stereocenters. The number of hydrogen-bond donors (Lipinski definition) is 2. The Labute approximate surface area is 195 Å². The lowest BCUT2D eigenvalue weighted by atomic mass is 10.0. The molecule has 2 aromatic heterocycles. The van der Waals surface area contributed by atoms with Gasteiger partial charge in [-0.3, -0.25) is 14.9 Å². The Morgan fingerprint density at radius 1 is 1.09 bits per heavy atom. The molecule has 0 spiro atoms. The maximum absolute atomic E-state index is 12.0. The zero-order chi connectivity index (χ0) is 23.7. The highest BCUT2D eigenvalue weighted by Gasteiger charge is 2.18. The van der Waals surface area contributed by atoms with E-state index in [0.29, 0.717) is 29.4 Å². The van der Waals surface area contributed by atoms with Crippen molar-refractivity contribution in [1.82, 2.24) is 20.1 Å². The topological polar surface area (TPSA) is 113 Å². The van der Waals surface area contributed by atoms with Gasteiger partial charge in [-0.25, -0.2) is 4.79 Å². The maximum Gasteiger partial charge on any atom is 0.321 e. The molecule has 1 aliphatic heterocycles. The van der Waals surface area contributed by atoms with E-state index >= 15 is 0 Å². The minimum absolute atomic E-state index is 0.169. The van der Waals surface area contributed by atoms with E-state index in [9.17, 15) is 9.59 Å². The number of benzene rings is 2. The van der Waals surface area contributed by atoms with E-state index in [0.717, 1.165) is 34.1 Å². The molecule has 1 aliphatic rings. The van der Waals surface area contributed by atoms with Crippen LogP contribution in [0.3, 0.4) is 0 Å². The predicted octanol–water partition coefficient (Wildman–Crippen LogP) is 3.61. The largest absolute Gasteiger partial charge is 0.454 e. The zero-order valence-corrected chi connectivity index (χ0v) is 18.6. The highest BCUT2D eigenvalue weighted by atomic mass is 16.7. The van der Waals surface area contributed by atoms with E-state index in [1.165, 1.54) is 4.90 Å². The van der Waals surface area contributed by atoms with Crippen molar-refractivity contribution in [3.63, 3.8) is 0 Å². The molecule has 0 radical (unpaired) electrons. The Morgan fingerprint density at radius 3 is 2.76 bits per heavy atom. The quantitative estimate of drug-likeness (QED) is 0.427. The van der Waals surface area contributed by atoms with Crippen molar-refractivity contribution in [1.29, 1.82) is 0 Å². The van der Waals surface area contributed by atoms with E-state index in [-0.39, 0.29) is 12.8 Å². The Balaban J connectivity index is 1.43. The minimum Gasteiger partial charge on any atom is -0.454 e. The number of ether oxygens (including phenoxy) is 2. The number of carbonyl (C=O) groups excluding carboxylic acids is 2. The molecule has 5 rings (SSSR count). The third kappa shape index (κ3) is 4.08. The number of aromatic amines is 1. The van der Waals surface area contributed by atoms with E-state index in [4.69, 9.17) is 9.47 Å². The molecule has 10 heteroatoms. The van der Waals surface area contributed by atoms with Gasteiger partial charge < -0.3 is 24.6 Å². The normalized spacial score (nSPS) is 11.9. The second-order valence-electron chi connectivity index (χ2n) is 7.99. The van der Waals surface area contributed by atoms with Gasteiger partial charge in [-0.2, -0.15) is 5.10 Å². The van der Waals surface area contributed by atoms with E-state index in [2.05, 4.69) is 20.5 Å². The summed E-state index contributed by atoms with van der Waals surface area (Å²) in [6, 6.07) is 12.8. The summed E-state index contributed by atoms with van der Waals surface area (Å²) in [5.41, 5.74) is 4.59. The van der Waals surface area contributed by atoms with Crippen LogP contribution in [0, 0.1) is 0 Å². The maximum atomic E-state index is 12.0. The lowest BCUT2D eigenvalue weighted by Gasteiger charge is -2.17. The van der Waals surface area contributed by atoms with Gasteiger partial charge >= 0.3 is 6.03 Å². The number of H-pyrrole nitrogens is 1. The van der Waals surface area contributed by atoms with E-state index in [1.807, 2.05) is 30.3 Å². The van der Waals surface area contributed by atoms with Gasteiger partial charge in [0.25, 0.3) is 0 Å². The van der Waals surface area contributed by atoms with Crippen LogP contribution in [0.5, 0.6) is 11.5 Å². The molecule has 0 aliphatic carbocycles. The number of aromatic nitrogens is 3. The first kappa shape index (κ1) is 21.3. The van der Waals surface area contributed by atoms with Crippen molar-refractivity contribution < 1.29 is 19.1 Å². The average Bonchev–Trinajstić information content (AvgIpc) is 3.48. The second-order valence-corrected chi connectivity index (χ2v) is 7.99. The standard InChI is InChI=1S/C24H22N6O4/c1-29(2)24(32)26-17-7-16(10-25-11-17)15-3-5-20-19(8-15)21(28-27-20)12-30(13-31)18-4-6-22-23(9-18)34-14-33-22/h3-11,13H,12,14H2,1-2H3,(H,26,32)(H,27,28). The smallest absolute Gasteiger partial charge is 0.321 e. The number of amides is 3. The van der Waals surface area contributed by atoms with Crippen molar-refractivity contribution in [3.05, 3.63) is 60.6 Å². The number of pyridine rings is 1. The monoisotopic (exact) mass is 458 g/mol. The molecule has 3 heterocycles. The van der Waals surface area contributed by atoms with Crippen LogP contribution in [0.25, 0.3) is 22.0 Å². The second kappa shape index (κ2) is 8.74. The Morgan fingerprint density at radius 2 is 1.94 bits per heavy atom. The molecule has 172 valence electrons. The number of urea groups is 1. The average molecular weight is 458 g/mol. The van der Waals surface area contributed by atoms with E-state index in [1.54, 1.807) is 43.5 Å². The molecule has 2 aromatic carbocycles. The van der Waals surface area contributed by atoms with Gasteiger partial charge in [-0.1, -0.05) is 6.07 Å². The first-order valence-electron chi connectivity index (χ1n) is 10.5. The van der Waals surface area contributed by atoms with Crippen LogP contribution < -0.4 is 19.7 Å². The van der Waals surface area contributed by atoms with E-state index < -0.39 is 0 Å². The summed E-state index contributed by atoms with van der Waals surface area (Å²) in [5.74, 6) is 1.26. The number of rotatable bonds is 6. The van der Waals surface area contributed by atoms with Crippen LogP contribution >= 0.6 is 0 Å². The third-order valence-corrected chi connectivity index (χ3v) is 5.51. The Hall–Kier alpha value is -4.60. The van der Waals surface area contributed by atoms with Crippen LogP contribution in [0.1, 0.15) is 5.69 Å². The molecule has 4 aromatic rings. The van der Waals surface area contributed by atoms with Gasteiger partial charge in [0.1, 0.15) is 0 Å². The summed E-state index contributed by atoms with van der Waals surface area (Å²) < 4.78 is 10.8. The van der Waals surface area contributed by atoms with Gasteiger partial charge in [0.05, 0.1) is 29.6 Å². The summed E-state index contributed by atoms with van der Waals surface area (Å²) in [7, 11) is 3.35. The highest BCUT2D eigenvalue weighted by Crippen LogP contribution is 2.36. The fourth-order valence-corrected chi connectivity index (χ4v) is 3.69. The molecule has 0 bridgehead atoms.